The number of ether oxygens (including phenoxy) is 3. The molecule has 0 aromatic heterocycles. The topological polar surface area (TPSA) is 118 Å². The molecule has 0 spiro atoms. The summed E-state index contributed by atoms with van der Waals surface area (Å²) in [7, 11) is 0. The van der Waals surface area contributed by atoms with Crippen LogP contribution in [0.25, 0.3) is 0 Å². The molecule has 2 rings (SSSR count). The predicted octanol–water partition coefficient (Wildman–Crippen LogP) is 2.12. The number of carbonyl (C=O) groups is 2. The van der Waals surface area contributed by atoms with Crippen molar-refractivity contribution in [1.82, 2.24) is 9.80 Å². The van der Waals surface area contributed by atoms with Crippen molar-refractivity contribution in [2.24, 2.45) is 5.73 Å². The molecule has 1 fully saturated rings. The zero-order valence-electron chi connectivity index (χ0n) is 16.6. The van der Waals surface area contributed by atoms with Gasteiger partial charge in [0.1, 0.15) is 17.8 Å². The average molecular weight is 410 g/mol. The lowest BCUT2D eigenvalue weighted by atomic mass is 10.0. The number of nitrogens with zero attached hydrogens (tertiary/aromatic N) is 2. The largest absolute Gasteiger partial charge is 0.508 e. The minimum atomic E-state index is -0.847. The Hall–Kier alpha value is -2.72. The Morgan fingerprint density at radius 1 is 1.41 bits per heavy atom. The Labute approximate surface area is 169 Å². The molecule has 160 valence electrons. The number of carbonyl (C=O) groups excluding carboxylic acids is 2. The lowest BCUT2D eigenvalue weighted by Gasteiger charge is -2.37. The lowest BCUT2D eigenvalue weighted by Crippen LogP contribution is -2.51. The summed E-state index contributed by atoms with van der Waals surface area (Å²) in [5.41, 5.74) is 6.28. The SMILES string of the molecule is CCOC(=O)OC(C)CN(C(=N)CN1CCOC[C@@H]1c1ccc(F)cc1)C(N)=O. The number of amidine groups is 1. The normalized spacial score (nSPS) is 18.0. The van der Waals surface area contributed by atoms with E-state index in [0.29, 0.717) is 19.8 Å². The van der Waals surface area contributed by atoms with Gasteiger partial charge in [-0.1, -0.05) is 12.1 Å². The van der Waals surface area contributed by atoms with Crippen LogP contribution in [0.4, 0.5) is 14.0 Å². The van der Waals surface area contributed by atoms with Gasteiger partial charge in [-0.2, -0.15) is 0 Å². The fourth-order valence-electron chi connectivity index (χ4n) is 3.04. The van der Waals surface area contributed by atoms with Crippen molar-refractivity contribution in [3.05, 3.63) is 35.6 Å². The third kappa shape index (κ3) is 6.68. The highest BCUT2D eigenvalue weighted by Gasteiger charge is 2.29. The summed E-state index contributed by atoms with van der Waals surface area (Å²) in [4.78, 5) is 26.3. The van der Waals surface area contributed by atoms with E-state index in [1.54, 1.807) is 26.0 Å². The molecule has 0 bridgehead atoms. The molecule has 0 saturated carbocycles. The van der Waals surface area contributed by atoms with Crippen molar-refractivity contribution in [3.63, 3.8) is 0 Å². The van der Waals surface area contributed by atoms with Crippen molar-refractivity contribution in [2.45, 2.75) is 26.0 Å². The van der Waals surface area contributed by atoms with Crippen molar-refractivity contribution in [2.75, 3.05) is 39.5 Å². The Morgan fingerprint density at radius 2 is 2.10 bits per heavy atom. The summed E-state index contributed by atoms with van der Waals surface area (Å²) >= 11 is 0. The van der Waals surface area contributed by atoms with E-state index in [9.17, 15) is 14.0 Å². The van der Waals surface area contributed by atoms with Crippen LogP contribution in [-0.4, -0.2) is 73.4 Å². The van der Waals surface area contributed by atoms with E-state index in [4.69, 9.17) is 25.4 Å². The van der Waals surface area contributed by atoms with Gasteiger partial charge in [-0.05, 0) is 31.5 Å². The van der Waals surface area contributed by atoms with Crippen molar-refractivity contribution >= 4 is 18.0 Å². The molecule has 2 atom stereocenters. The third-order valence-corrected chi connectivity index (χ3v) is 4.44. The van der Waals surface area contributed by atoms with Crippen LogP contribution in [0.5, 0.6) is 0 Å². The van der Waals surface area contributed by atoms with E-state index in [2.05, 4.69) is 0 Å². The molecule has 0 radical (unpaired) electrons. The van der Waals surface area contributed by atoms with Crippen LogP contribution < -0.4 is 5.73 Å². The first-order valence-corrected chi connectivity index (χ1v) is 9.36. The Morgan fingerprint density at radius 3 is 2.72 bits per heavy atom. The standard InChI is InChI=1S/C19H27FN4O5/c1-3-28-19(26)29-13(2)10-24(18(22)25)17(21)11-23-8-9-27-12-16(23)14-4-6-15(20)7-5-14/h4-7,13,16,21H,3,8-12H2,1-2H3,(H2,22,25)/t13?,16-/m1/s1. The molecule has 1 aromatic carbocycles. The number of urea groups is 1. The smallest absolute Gasteiger partial charge is 0.435 e. The highest BCUT2D eigenvalue weighted by Crippen LogP contribution is 2.24. The van der Waals surface area contributed by atoms with Gasteiger partial charge in [-0.25, -0.2) is 14.0 Å². The third-order valence-electron chi connectivity index (χ3n) is 4.44. The second-order valence-corrected chi connectivity index (χ2v) is 6.62. The number of primary amides is 1. The molecule has 1 aliphatic rings. The molecule has 1 aromatic rings. The van der Waals surface area contributed by atoms with Crippen LogP contribution >= 0.6 is 0 Å². The summed E-state index contributed by atoms with van der Waals surface area (Å²) in [6, 6.07) is 5.09. The number of nitrogens with two attached hydrogens (primary N) is 1. The van der Waals surface area contributed by atoms with Crippen LogP contribution in [0, 0.1) is 11.2 Å². The van der Waals surface area contributed by atoms with E-state index in [0.717, 1.165) is 10.5 Å². The van der Waals surface area contributed by atoms with Gasteiger partial charge in [0.2, 0.25) is 0 Å². The summed E-state index contributed by atoms with van der Waals surface area (Å²) in [6.07, 6.45) is -1.56. The van der Waals surface area contributed by atoms with Crippen molar-refractivity contribution in [1.29, 1.82) is 5.41 Å². The van der Waals surface area contributed by atoms with Crippen molar-refractivity contribution < 1.29 is 28.2 Å². The molecular weight excluding hydrogens is 383 g/mol. The maximum atomic E-state index is 13.2. The Balaban J connectivity index is 2.03. The molecule has 0 aliphatic carbocycles. The van der Waals surface area contributed by atoms with Crippen LogP contribution in [0.1, 0.15) is 25.5 Å². The van der Waals surface area contributed by atoms with E-state index >= 15 is 0 Å². The molecule has 10 heteroatoms. The number of hydrogen-bond acceptors (Lipinski definition) is 7. The number of amides is 2. The van der Waals surface area contributed by atoms with Crippen molar-refractivity contribution in [3.8, 4) is 0 Å². The number of nitrogens with one attached hydrogen (secondary N) is 1. The summed E-state index contributed by atoms with van der Waals surface area (Å²) in [5, 5.41) is 8.37. The van der Waals surface area contributed by atoms with Crippen LogP contribution in [0.15, 0.2) is 24.3 Å². The molecule has 2 amide bonds. The first kappa shape index (κ1) is 22.6. The monoisotopic (exact) mass is 410 g/mol. The molecule has 29 heavy (non-hydrogen) atoms. The number of halogens is 1. The first-order chi connectivity index (χ1) is 13.8. The highest BCUT2D eigenvalue weighted by atomic mass is 19.1. The van der Waals surface area contributed by atoms with E-state index in [-0.39, 0.29) is 37.4 Å². The molecule has 1 unspecified atom stereocenters. The summed E-state index contributed by atoms with van der Waals surface area (Å²) in [6.45, 7) is 4.85. The summed E-state index contributed by atoms with van der Waals surface area (Å²) < 4.78 is 28.5. The number of hydrogen-bond donors (Lipinski definition) is 2. The summed E-state index contributed by atoms with van der Waals surface area (Å²) in [5.74, 6) is -0.369. The van der Waals surface area contributed by atoms with Crippen LogP contribution in [0.3, 0.4) is 0 Å². The molecule has 9 nitrogen and oxygen atoms in total. The fraction of sp³-hybridized carbons (Fsp3) is 0.526. The Kier molecular flexibility index (Phi) is 8.34. The second kappa shape index (κ2) is 10.7. The number of benzene rings is 1. The molecule has 1 heterocycles. The number of rotatable bonds is 7. The Bertz CT molecular complexity index is 715. The van der Waals surface area contributed by atoms with E-state index in [1.165, 1.54) is 12.1 Å². The van der Waals surface area contributed by atoms with Crippen LogP contribution in [0.2, 0.25) is 0 Å². The van der Waals surface area contributed by atoms with Gasteiger partial charge in [-0.15, -0.1) is 0 Å². The quantitative estimate of drug-likeness (QED) is 0.404. The van der Waals surface area contributed by atoms with Gasteiger partial charge in [0, 0.05) is 6.54 Å². The van der Waals surface area contributed by atoms with Gasteiger partial charge in [0.05, 0.1) is 39.0 Å². The van der Waals surface area contributed by atoms with Crippen LogP contribution in [-0.2, 0) is 14.2 Å². The fourth-order valence-corrected chi connectivity index (χ4v) is 3.04. The minimum Gasteiger partial charge on any atom is -0.435 e. The molecule has 1 saturated heterocycles. The molecule has 3 N–H and O–H groups in total. The zero-order valence-corrected chi connectivity index (χ0v) is 16.6. The maximum absolute atomic E-state index is 13.2. The van der Waals surface area contributed by atoms with Gasteiger partial charge in [0.15, 0.2) is 0 Å². The predicted molar refractivity (Wildman–Crippen MR) is 103 cm³/mol. The number of morpholine rings is 1. The van der Waals surface area contributed by atoms with Gasteiger partial charge in [-0.3, -0.25) is 15.2 Å². The average Bonchev–Trinajstić information content (AvgIpc) is 2.67. The lowest BCUT2D eigenvalue weighted by molar-refractivity contribution is -0.00215. The highest BCUT2D eigenvalue weighted by molar-refractivity contribution is 5.96. The molecule has 1 aliphatic heterocycles. The first-order valence-electron chi connectivity index (χ1n) is 9.36. The second-order valence-electron chi connectivity index (χ2n) is 6.62. The van der Waals surface area contributed by atoms with Gasteiger partial charge < -0.3 is 19.9 Å². The van der Waals surface area contributed by atoms with Gasteiger partial charge >= 0.3 is 12.2 Å². The van der Waals surface area contributed by atoms with E-state index < -0.39 is 18.3 Å². The minimum absolute atomic E-state index is 0.0363. The van der Waals surface area contributed by atoms with Gasteiger partial charge in [0.25, 0.3) is 0 Å². The zero-order chi connectivity index (χ0) is 21.4. The van der Waals surface area contributed by atoms with E-state index in [1.807, 2.05) is 4.90 Å². The maximum Gasteiger partial charge on any atom is 0.508 e. The molecular formula is C19H27FN4O5.